The zero-order valence-corrected chi connectivity index (χ0v) is 12.3. The predicted octanol–water partition coefficient (Wildman–Crippen LogP) is 1.62. The molecule has 1 aromatic rings. The SMILES string of the molecule is CC(=O)N1CCN(C(=O)CCc2ccc(C)cc2)CC1. The van der Waals surface area contributed by atoms with Crippen LogP contribution in [0.15, 0.2) is 24.3 Å². The average Bonchev–Trinajstić information content (AvgIpc) is 2.46. The average molecular weight is 274 g/mol. The molecule has 4 nitrogen and oxygen atoms in total. The number of aryl methyl sites for hydroxylation is 2. The van der Waals surface area contributed by atoms with Crippen LogP contribution in [-0.2, 0) is 16.0 Å². The Morgan fingerprint density at radius 1 is 1.00 bits per heavy atom. The van der Waals surface area contributed by atoms with Gasteiger partial charge in [-0.3, -0.25) is 9.59 Å². The van der Waals surface area contributed by atoms with Gasteiger partial charge in [0.2, 0.25) is 11.8 Å². The van der Waals surface area contributed by atoms with E-state index in [-0.39, 0.29) is 11.8 Å². The number of rotatable bonds is 3. The van der Waals surface area contributed by atoms with Crippen LogP contribution in [0.4, 0.5) is 0 Å². The molecule has 1 aliphatic rings. The van der Waals surface area contributed by atoms with Crippen LogP contribution >= 0.6 is 0 Å². The molecule has 1 saturated heterocycles. The minimum absolute atomic E-state index is 0.0942. The van der Waals surface area contributed by atoms with Gasteiger partial charge in [-0.05, 0) is 18.9 Å². The molecule has 0 aromatic heterocycles. The van der Waals surface area contributed by atoms with Crippen molar-refractivity contribution in [1.82, 2.24) is 9.80 Å². The molecule has 0 unspecified atom stereocenters. The Bertz CT molecular complexity index is 474. The highest BCUT2D eigenvalue weighted by molar-refractivity contribution is 5.77. The maximum Gasteiger partial charge on any atom is 0.223 e. The number of hydrogen-bond acceptors (Lipinski definition) is 2. The Morgan fingerprint density at radius 3 is 2.10 bits per heavy atom. The Labute approximate surface area is 120 Å². The quantitative estimate of drug-likeness (QED) is 0.840. The Kier molecular flexibility index (Phi) is 4.77. The minimum Gasteiger partial charge on any atom is -0.339 e. The van der Waals surface area contributed by atoms with Crippen LogP contribution in [0.2, 0.25) is 0 Å². The molecular formula is C16H22N2O2. The summed E-state index contributed by atoms with van der Waals surface area (Å²) in [6.07, 6.45) is 1.33. The lowest BCUT2D eigenvalue weighted by molar-refractivity contribution is -0.138. The Hall–Kier alpha value is -1.84. The molecule has 0 bridgehead atoms. The van der Waals surface area contributed by atoms with Gasteiger partial charge in [-0.15, -0.1) is 0 Å². The third-order valence-corrected chi connectivity index (χ3v) is 3.83. The van der Waals surface area contributed by atoms with Crippen LogP contribution in [0.5, 0.6) is 0 Å². The number of hydrogen-bond donors (Lipinski definition) is 0. The van der Waals surface area contributed by atoms with Gasteiger partial charge in [-0.2, -0.15) is 0 Å². The van der Waals surface area contributed by atoms with E-state index < -0.39 is 0 Å². The van der Waals surface area contributed by atoms with Gasteiger partial charge in [0.25, 0.3) is 0 Å². The fourth-order valence-corrected chi connectivity index (χ4v) is 2.43. The molecule has 0 saturated carbocycles. The van der Waals surface area contributed by atoms with E-state index in [9.17, 15) is 9.59 Å². The van der Waals surface area contributed by atoms with Crippen molar-refractivity contribution in [2.45, 2.75) is 26.7 Å². The van der Waals surface area contributed by atoms with E-state index in [4.69, 9.17) is 0 Å². The predicted molar refractivity (Wildman–Crippen MR) is 78.3 cm³/mol. The normalized spacial score (nSPS) is 15.3. The van der Waals surface area contributed by atoms with E-state index in [0.717, 1.165) is 6.42 Å². The molecule has 4 heteroatoms. The van der Waals surface area contributed by atoms with E-state index in [1.807, 2.05) is 4.90 Å². The van der Waals surface area contributed by atoms with Crippen LogP contribution < -0.4 is 0 Å². The summed E-state index contributed by atoms with van der Waals surface area (Å²) in [4.78, 5) is 27.0. The number of carbonyl (C=O) groups excluding carboxylic acids is 2. The molecule has 0 spiro atoms. The molecule has 0 aliphatic carbocycles. The van der Waals surface area contributed by atoms with E-state index in [2.05, 4.69) is 31.2 Å². The molecular weight excluding hydrogens is 252 g/mol. The van der Waals surface area contributed by atoms with E-state index >= 15 is 0 Å². The lowest BCUT2D eigenvalue weighted by Gasteiger charge is -2.34. The van der Waals surface area contributed by atoms with Crippen molar-refractivity contribution in [3.05, 3.63) is 35.4 Å². The second-order valence-electron chi connectivity index (χ2n) is 5.37. The largest absolute Gasteiger partial charge is 0.339 e. The summed E-state index contributed by atoms with van der Waals surface area (Å²) in [6, 6.07) is 8.31. The number of benzene rings is 1. The highest BCUT2D eigenvalue weighted by Crippen LogP contribution is 2.09. The summed E-state index contributed by atoms with van der Waals surface area (Å²) in [5, 5.41) is 0. The molecule has 1 fully saturated rings. The molecule has 0 radical (unpaired) electrons. The highest BCUT2D eigenvalue weighted by atomic mass is 16.2. The van der Waals surface area contributed by atoms with Gasteiger partial charge in [0.1, 0.15) is 0 Å². The maximum absolute atomic E-state index is 12.1. The van der Waals surface area contributed by atoms with Crippen molar-refractivity contribution in [1.29, 1.82) is 0 Å². The van der Waals surface area contributed by atoms with Gasteiger partial charge >= 0.3 is 0 Å². The first kappa shape index (κ1) is 14.6. The monoisotopic (exact) mass is 274 g/mol. The lowest BCUT2D eigenvalue weighted by Crippen LogP contribution is -2.50. The third kappa shape index (κ3) is 3.83. The van der Waals surface area contributed by atoms with Crippen molar-refractivity contribution >= 4 is 11.8 Å². The second-order valence-corrected chi connectivity index (χ2v) is 5.37. The summed E-state index contributed by atoms with van der Waals surface area (Å²) in [5.41, 5.74) is 2.44. The van der Waals surface area contributed by atoms with Crippen LogP contribution in [0.1, 0.15) is 24.5 Å². The van der Waals surface area contributed by atoms with Crippen LogP contribution in [0.3, 0.4) is 0 Å². The highest BCUT2D eigenvalue weighted by Gasteiger charge is 2.21. The summed E-state index contributed by atoms with van der Waals surface area (Å²) in [6.45, 7) is 6.27. The molecule has 108 valence electrons. The van der Waals surface area contributed by atoms with Crippen molar-refractivity contribution in [3.8, 4) is 0 Å². The van der Waals surface area contributed by atoms with Crippen molar-refractivity contribution in [3.63, 3.8) is 0 Å². The zero-order valence-electron chi connectivity index (χ0n) is 12.3. The van der Waals surface area contributed by atoms with Crippen molar-refractivity contribution in [2.24, 2.45) is 0 Å². The maximum atomic E-state index is 12.1. The molecule has 1 aliphatic heterocycles. The van der Waals surface area contributed by atoms with Gasteiger partial charge in [0, 0.05) is 39.5 Å². The van der Waals surface area contributed by atoms with E-state index in [1.165, 1.54) is 11.1 Å². The van der Waals surface area contributed by atoms with Gasteiger partial charge in [0.15, 0.2) is 0 Å². The smallest absolute Gasteiger partial charge is 0.223 e. The fraction of sp³-hybridized carbons (Fsp3) is 0.500. The third-order valence-electron chi connectivity index (χ3n) is 3.83. The minimum atomic E-state index is 0.0942. The molecule has 20 heavy (non-hydrogen) atoms. The van der Waals surface area contributed by atoms with E-state index in [0.29, 0.717) is 32.6 Å². The summed E-state index contributed by atoms with van der Waals surface area (Å²) < 4.78 is 0. The van der Waals surface area contributed by atoms with E-state index in [1.54, 1.807) is 11.8 Å². The first-order chi connectivity index (χ1) is 9.56. The number of carbonyl (C=O) groups is 2. The van der Waals surface area contributed by atoms with Gasteiger partial charge in [0.05, 0.1) is 0 Å². The van der Waals surface area contributed by atoms with Crippen molar-refractivity contribution < 1.29 is 9.59 Å². The second kappa shape index (κ2) is 6.55. The summed E-state index contributed by atoms with van der Waals surface area (Å²) >= 11 is 0. The molecule has 1 aromatic carbocycles. The van der Waals surface area contributed by atoms with Crippen LogP contribution in [-0.4, -0.2) is 47.8 Å². The number of nitrogens with zero attached hydrogens (tertiary/aromatic N) is 2. The summed E-state index contributed by atoms with van der Waals surface area (Å²) in [5.74, 6) is 0.283. The van der Waals surface area contributed by atoms with Crippen LogP contribution in [0.25, 0.3) is 0 Å². The fourth-order valence-electron chi connectivity index (χ4n) is 2.43. The van der Waals surface area contributed by atoms with Crippen molar-refractivity contribution in [2.75, 3.05) is 26.2 Å². The van der Waals surface area contributed by atoms with Crippen LogP contribution in [0, 0.1) is 6.92 Å². The standard InChI is InChI=1S/C16H22N2O2/c1-13-3-5-15(6-4-13)7-8-16(20)18-11-9-17(10-12-18)14(2)19/h3-6H,7-12H2,1-2H3. The Balaban J connectivity index is 1.78. The topological polar surface area (TPSA) is 40.6 Å². The van der Waals surface area contributed by atoms with Gasteiger partial charge < -0.3 is 9.80 Å². The molecule has 2 amide bonds. The molecule has 0 N–H and O–H groups in total. The first-order valence-electron chi connectivity index (χ1n) is 7.15. The summed E-state index contributed by atoms with van der Waals surface area (Å²) in [7, 11) is 0. The Morgan fingerprint density at radius 2 is 1.55 bits per heavy atom. The molecule has 1 heterocycles. The zero-order chi connectivity index (χ0) is 14.5. The van der Waals surface area contributed by atoms with Gasteiger partial charge in [-0.25, -0.2) is 0 Å². The van der Waals surface area contributed by atoms with Gasteiger partial charge in [-0.1, -0.05) is 29.8 Å². The number of amides is 2. The molecule has 0 atom stereocenters. The first-order valence-corrected chi connectivity index (χ1v) is 7.15. The lowest BCUT2D eigenvalue weighted by atomic mass is 10.1. The molecule has 2 rings (SSSR count). The number of piperazine rings is 1.